The fourth-order valence-corrected chi connectivity index (χ4v) is 2.77. The molecule has 2 aliphatic rings. The highest BCUT2D eigenvalue weighted by Gasteiger charge is 2.33. The minimum Gasteiger partial charge on any atom is -0.306 e. The van der Waals surface area contributed by atoms with Crippen LogP contribution in [0.15, 0.2) is 59.6 Å². The van der Waals surface area contributed by atoms with Gasteiger partial charge in [0.1, 0.15) is 6.17 Å². The number of hydrogen-bond acceptors (Lipinski definition) is 7. The molecular formula is C16H14FN7. The molecule has 0 aromatic carbocycles. The number of aromatic nitrogens is 3. The number of nitrogens with zero attached hydrogens (tertiary/aromatic N) is 6. The summed E-state index contributed by atoms with van der Waals surface area (Å²) in [7, 11) is 0. The molecule has 0 fully saturated rings. The molecule has 7 nitrogen and oxygen atoms in total. The van der Waals surface area contributed by atoms with Crippen LogP contribution in [0.2, 0.25) is 0 Å². The number of anilines is 1. The Morgan fingerprint density at radius 3 is 2.96 bits per heavy atom. The summed E-state index contributed by atoms with van der Waals surface area (Å²) < 4.78 is 13.7. The number of halogens is 1. The van der Waals surface area contributed by atoms with Crippen LogP contribution in [0.1, 0.15) is 5.56 Å². The van der Waals surface area contributed by atoms with Crippen LogP contribution in [-0.2, 0) is 0 Å². The van der Waals surface area contributed by atoms with E-state index in [-0.39, 0.29) is 0 Å². The number of allylic oxidation sites excluding steroid dienone is 1. The van der Waals surface area contributed by atoms with Crippen molar-refractivity contribution < 1.29 is 4.39 Å². The summed E-state index contributed by atoms with van der Waals surface area (Å²) in [4.78, 5) is 8.26. The molecule has 4 heterocycles. The van der Waals surface area contributed by atoms with Gasteiger partial charge in [-0.15, -0.1) is 0 Å². The monoisotopic (exact) mass is 323 g/mol. The number of nitrogens with two attached hydrogens (primary N) is 1. The van der Waals surface area contributed by atoms with Crippen molar-refractivity contribution in [3.05, 3.63) is 60.2 Å². The lowest BCUT2D eigenvalue weighted by Crippen LogP contribution is -2.45. The van der Waals surface area contributed by atoms with Crippen LogP contribution in [0.3, 0.4) is 0 Å². The van der Waals surface area contributed by atoms with E-state index >= 15 is 0 Å². The minimum absolute atomic E-state index is 0.452. The molecular weight excluding hydrogens is 309 g/mol. The maximum atomic E-state index is 13.7. The molecule has 2 aromatic heterocycles. The minimum atomic E-state index is -0.501. The first kappa shape index (κ1) is 14.5. The van der Waals surface area contributed by atoms with Gasteiger partial charge in [0.05, 0.1) is 30.0 Å². The molecule has 0 amide bonds. The van der Waals surface area contributed by atoms with Gasteiger partial charge in [0.25, 0.3) is 0 Å². The van der Waals surface area contributed by atoms with Crippen LogP contribution < -0.4 is 10.7 Å². The van der Waals surface area contributed by atoms with E-state index in [1.165, 1.54) is 6.20 Å². The van der Waals surface area contributed by atoms with Crippen molar-refractivity contribution in [2.45, 2.75) is 13.1 Å². The van der Waals surface area contributed by atoms with E-state index in [4.69, 9.17) is 5.73 Å². The van der Waals surface area contributed by atoms with Crippen LogP contribution in [0.5, 0.6) is 0 Å². The van der Waals surface area contributed by atoms with E-state index in [1.54, 1.807) is 34.7 Å². The third kappa shape index (κ3) is 2.24. The maximum Gasteiger partial charge on any atom is 0.159 e. The van der Waals surface area contributed by atoms with Crippen molar-refractivity contribution in [2.24, 2.45) is 10.7 Å². The predicted octanol–water partition coefficient (Wildman–Crippen LogP) is 1.91. The summed E-state index contributed by atoms with van der Waals surface area (Å²) in [5.74, 6) is 0.113. The number of rotatable bonds is 2. The first-order valence-electron chi connectivity index (χ1n) is 7.35. The molecule has 24 heavy (non-hydrogen) atoms. The number of fused-ring (bicyclic) bond motifs is 1. The second-order valence-corrected chi connectivity index (χ2v) is 5.43. The standard InChI is InChI=1S/C16H14FN7/c1-10-2-5-21-22-16(10)12-3-4-19-8-13(12)24-14(18)6-15-20-7-11(17)9-23(15)24/h2-9,14H,18H2,1H3. The summed E-state index contributed by atoms with van der Waals surface area (Å²) >= 11 is 0. The van der Waals surface area contributed by atoms with Crippen molar-refractivity contribution in [2.75, 3.05) is 5.01 Å². The van der Waals surface area contributed by atoms with E-state index in [9.17, 15) is 4.39 Å². The quantitative estimate of drug-likeness (QED) is 0.909. The van der Waals surface area contributed by atoms with Gasteiger partial charge in [-0.3, -0.25) is 9.99 Å². The van der Waals surface area contributed by atoms with Gasteiger partial charge < -0.3 is 5.73 Å². The summed E-state index contributed by atoms with van der Waals surface area (Å²) in [5.41, 5.74) is 9.42. The Hall–Kier alpha value is -3.13. The van der Waals surface area contributed by atoms with Crippen molar-refractivity contribution in [3.63, 3.8) is 0 Å². The van der Waals surface area contributed by atoms with Crippen molar-refractivity contribution in [1.82, 2.24) is 20.2 Å². The van der Waals surface area contributed by atoms with Gasteiger partial charge in [0, 0.05) is 18.0 Å². The Kier molecular flexibility index (Phi) is 3.31. The number of pyridine rings is 1. The Morgan fingerprint density at radius 1 is 1.25 bits per heavy atom. The van der Waals surface area contributed by atoms with Gasteiger partial charge in [0.2, 0.25) is 0 Å². The lowest BCUT2D eigenvalue weighted by atomic mass is 10.1. The van der Waals surface area contributed by atoms with Crippen LogP contribution in [-0.4, -0.2) is 32.6 Å². The lowest BCUT2D eigenvalue weighted by molar-refractivity contribution is 0.415. The van der Waals surface area contributed by atoms with Crippen LogP contribution in [0.25, 0.3) is 11.3 Å². The van der Waals surface area contributed by atoms with E-state index in [0.29, 0.717) is 11.5 Å². The highest BCUT2D eigenvalue weighted by Crippen LogP contribution is 2.36. The fraction of sp³-hybridized carbons (Fsp3) is 0.125. The SMILES string of the molecule is Cc1ccnnc1-c1ccncc1N1C(N)C=C2N=CC(F)=CN21. The van der Waals surface area contributed by atoms with Gasteiger partial charge in [-0.05, 0) is 30.7 Å². The van der Waals surface area contributed by atoms with Crippen molar-refractivity contribution in [3.8, 4) is 11.3 Å². The van der Waals surface area contributed by atoms with Gasteiger partial charge in [-0.25, -0.2) is 14.4 Å². The Labute approximate surface area is 137 Å². The second kappa shape index (κ2) is 5.50. The number of hydrazine groups is 1. The Bertz CT molecular complexity index is 889. The molecule has 0 radical (unpaired) electrons. The topological polar surface area (TPSA) is 83.5 Å². The smallest absolute Gasteiger partial charge is 0.159 e. The number of aryl methyl sites for hydroxylation is 1. The molecule has 2 aromatic rings. The number of aliphatic imine (C=N–C) groups is 1. The molecule has 0 bridgehead atoms. The normalized spacial score (nSPS) is 19.2. The molecule has 0 saturated heterocycles. The highest BCUT2D eigenvalue weighted by atomic mass is 19.1. The molecule has 120 valence electrons. The van der Waals surface area contributed by atoms with Crippen molar-refractivity contribution in [1.29, 1.82) is 0 Å². The zero-order valence-electron chi connectivity index (χ0n) is 12.8. The summed E-state index contributed by atoms with van der Waals surface area (Å²) in [5, 5.41) is 11.5. The van der Waals surface area contributed by atoms with Gasteiger partial charge in [-0.2, -0.15) is 10.2 Å². The Balaban J connectivity index is 1.84. The highest BCUT2D eigenvalue weighted by molar-refractivity contribution is 5.80. The van der Waals surface area contributed by atoms with Gasteiger partial charge in [-0.1, -0.05) is 0 Å². The lowest BCUT2D eigenvalue weighted by Gasteiger charge is -2.34. The first-order valence-corrected chi connectivity index (χ1v) is 7.35. The largest absolute Gasteiger partial charge is 0.306 e. The molecule has 2 N–H and O–H groups in total. The zero-order valence-corrected chi connectivity index (χ0v) is 12.8. The first-order chi connectivity index (χ1) is 11.6. The molecule has 4 rings (SSSR count). The van der Waals surface area contributed by atoms with Crippen LogP contribution >= 0.6 is 0 Å². The second-order valence-electron chi connectivity index (χ2n) is 5.43. The van der Waals surface area contributed by atoms with Gasteiger partial charge >= 0.3 is 0 Å². The summed E-state index contributed by atoms with van der Waals surface area (Å²) in [6.07, 6.45) is 8.73. The van der Waals surface area contributed by atoms with Crippen LogP contribution in [0.4, 0.5) is 10.1 Å². The third-order valence-corrected chi connectivity index (χ3v) is 3.86. The molecule has 1 unspecified atom stereocenters. The molecule has 0 aliphatic carbocycles. The van der Waals surface area contributed by atoms with E-state index in [1.807, 2.05) is 19.1 Å². The third-order valence-electron chi connectivity index (χ3n) is 3.86. The molecule has 8 heteroatoms. The maximum absolute atomic E-state index is 13.7. The molecule has 0 spiro atoms. The summed E-state index contributed by atoms with van der Waals surface area (Å²) in [6.45, 7) is 1.95. The molecule has 2 aliphatic heterocycles. The fourth-order valence-electron chi connectivity index (χ4n) is 2.77. The van der Waals surface area contributed by atoms with Crippen molar-refractivity contribution >= 4 is 11.9 Å². The average molecular weight is 323 g/mol. The van der Waals surface area contributed by atoms with E-state index in [2.05, 4.69) is 20.2 Å². The molecule has 1 atom stereocenters. The van der Waals surface area contributed by atoms with Gasteiger partial charge in [0.15, 0.2) is 11.6 Å². The van der Waals surface area contributed by atoms with Crippen LogP contribution in [0, 0.1) is 6.92 Å². The molecule has 0 saturated carbocycles. The zero-order chi connectivity index (χ0) is 16.7. The predicted molar refractivity (Wildman–Crippen MR) is 88.1 cm³/mol. The van der Waals surface area contributed by atoms with E-state index < -0.39 is 12.0 Å². The average Bonchev–Trinajstić information content (AvgIpc) is 2.90. The number of hydrogen-bond donors (Lipinski definition) is 1. The summed E-state index contributed by atoms with van der Waals surface area (Å²) in [6, 6.07) is 3.72. The Morgan fingerprint density at radius 2 is 2.12 bits per heavy atom. The van der Waals surface area contributed by atoms with E-state index in [0.717, 1.165) is 23.0 Å².